The molecule has 0 radical (unpaired) electrons. The van der Waals surface area contributed by atoms with Crippen molar-refractivity contribution >= 4 is 33.5 Å². The van der Waals surface area contributed by atoms with E-state index < -0.39 is 5.97 Å². The van der Waals surface area contributed by atoms with E-state index in [9.17, 15) is 4.79 Å². The highest BCUT2D eigenvalue weighted by Crippen LogP contribution is 2.30. The van der Waals surface area contributed by atoms with E-state index in [1.54, 1.807) is 0 Å². The van der Waals surface area contributed by atoms with Crippen molar-refractivity contribution < 1.29 is 19.1 Å². The van der Waals surface area contributed by atoms with Crippen LogP contribution in [0.5, 0.6) is 5.75 Å². The third-order valence-electron chi connectivity index (χ3n) is 5.86. The molecule has 33 heavy (non-hydrogen) atoms. The standard InChI is InChI=1S/C27H30N2O4/c1-3-29(4-2)22-12-14-24-25(18-22)33-27(28-24)21-10-9-20-17-23(13-11-19(20)16-21)32-15-7-5-6-8-26(30)31/h9-14,16-18H,3-8,15H2,1-2H3,(H,30,31). The van der Waals surface area contributed by atoms with Gasteiger partial charge in [0.05, 0.1) is 6.61 Å². The number of carboxylic acids is 1. The number of hydrogen-bond donors (Lipinski definition) is 1. The lowest BCUT2D eigenvalue weighted by Crippen LogP contribution is -2.21. The summed E-state index contributed by atoms with van der Waals surface area (Å²) in [5, 5.41) is 10.9. The van der Waals surface area contributed by atoms with Crippen LogP contribution in [0, 0.1) is 0 Å². The second-order valence-corrected chi connectivity index (χ2v) is 8.12. The highest BCUT2D eigenvalue weighted by molar-refractivity contribution is 5.88. The van der Waals surface area contributed by atoms with Gasteiger partial charge in [0, 0.05) is 36.8 Å². The van der Waals surface area contributed by atoms with Gasteiger partial charge in [0.25, 0.3) is 0 Å². The van der Waals surface area contributed by atoms with Gasteiger partial charge in [-0.3, -0.25) is 4.79 Å². The Balaban J connectivity index is 1.46. The Morgan fingerprint density at radius 2 is 1.76 bits per heavy atom. The average Bonchev–Trinajstić information content (AvgIpc) is 3.25. The zero-order valence-corrected chi connectivity index (χ0v) is 19.2. The number of rotatable bonds is 11. The largest absolute Gasteiger partial charge is 0.494 e. The van der Waals surface area contributed by atoms with Gasteiger partial charge in [-0.2, -0.15) is 0 Å². The van der Waals surface area contributed by atoms with E-state index in [-0.39, 0.29) is 6.42 Å². The van der Waals surface area contributed by atoms with Crippen molar-refractivity contribution in [1.82, 2.24) is 4.98 Å². The van der Waals surface area contributed by atoms with E-state index in [0.717, 1.165) is 64.8 Å². The van der Waals surface area contributed by atoms with E-state index in [1.165, 1.54) is 0 Å². The molecule has 0 amide bonds. The molecular formula is C27H30N2O4. The minimum atomic E-state index is -0.743. The molecule has 6 nitrogen and oxygen atoms in total. The minimum Gasteiger partial charge on any atom is -0.494 e. The summed E-state index contributed by atoms with van der Waals surface area (Å²) < 4.78 is 11.9. The van der Waals surface area contributed by atoms with Crippen LogP contribution in [0.2, 0.25) is 0 Å². The first-order valence-electron chi connectivity index (χ1n) is 11.6. The third-order valence-corrected chi connectivity index (χ3v) is 5.86. The summed E-state index contributed by atoms with van der Waals surface area (Å²) in [6.45, 7) is 6.77. The van der Waals surface area contributed by atoms with Crippen molar-refractivity contribution in [3.8, 4) is 17.2 Å². The Morgan fingerprint density at radius 3 is 2.55 bits per heavy atom. The molecule has 1 heterocycles. The molecule has 0 saturated heterocycles. The number of carboxylic acid groups (broad SMARTS) is 1. The Morgan fingerprint density at radius 1 is 0.970 bits per heavy atom. The molecule has 0 saturated carbocycles. The first kappa shape index (κ1) is 22.6. The minimum absolute atomic E-state index is 0.218. The molecule has 0 bridgehead atoms. The van der Waals surface area contributed by atoms with Gasteiger partial charge in [0.15, 0.2) is 5.58 Å². The average molecular weight is 447 g/mol. The molecule has 6 heteroatoms. The van der Waals surface area contributed by atoms with Crippen molar-refractivity contribution in [3.63, 3.8) is 0 Å². The Hall–Kier alpha value is -3.54. The highest BCUT2D eigenvalue weighted by Gasteiger charge is 2.11. The van der Waals surface area contributed by atoms with Crippen molar-refractivity contribution in [2.75, 3.05) is 24.6 Å². The molecule has 4 aromatic rings. The number of benzene rings is 3. The maximum absolute atomic E-state index is 10.6. The number of carbonyl (C=O) groups is 1. The molecule has 172 valence electrons. The summed E-state index contributed by atoms with van der Waals surface area (Å²) in [7, 11) is 0. The van der Waals surface area contributed by atoms with Crippen LogP contribution in [0.15, 0.2) is 59.0 Å². The predicted molar refractivity (Wildman–Crippen MR) is 132 cm³/mol. The first-order valence-corrected chi connectivity index (χ1v) is 11.6. The van der Waals surface area contributed by atoms with E-state index in [2.05, 4.69) is 48.0 Å². The summed E-state index contributed by atoms with van der Waals surface area (Å²) in [4.78, 5) is 17.5. The van der Waals surface area contributed by atoms with Gasteiger partial charge in [-0.05, 0) is 80.3 Å². The number of aliphatic carboxylic acids is 1. The van der Waals surface area contributed by atoms with Crippen molar-refractivity contribution in [3.05, 3.63) is 54.6 Å². The van der Waals surface area contributed by atoms with Gasteiger partial charge in [0.2, 0.25) is 5.89 Å². The molecule has 0 aliphatic rings. The van der Waals surface area contributed by atoms with E-state index in [1.807, 2.05) is 30.3 Å². The fourth-order valence-electron chi connectivity index (χ4n) is 4.01. The zero-order chi connectivity index (χ0) is 23.2. The molecular weight excluding hydrogens is 416 g/mol. The third kappa shape index (κ3) is 5.45. The van der Waals surface area contributed by atoms with Crippen LogP contribution in [0.4, 0.5) is 5.69 Å². The van der Waals surface area contributed by atoms with E-state index in [0.29, 0.717) is 18.9 Å². The van der Waals surface area contributed by atoms with Crippen molar-refractivity contribution in [1.29, 1.82) is 0 Å². The molecule has 0 aliphatic heterocycles. The van der Waals surface area contributed by atoms with Crippen molar-refractivity contribution in [2.24, 2.45) is 0 Å². The van der Waals surface area contributed by atoms with Gasteiger partial charge >= 0.3 is 5.97 Å². The maximum Gasteiger partial charge on any atom is 0.303 e. The van der Waals surface area contributed by atoms with E-state index >= 15 is 0 Å². The van der Waals surface area contributed by atoms with Gasteiger partial charge in [-0.15, -0.1) is 0 Å². The smallest absolute Gasteiger partial charge is 0.303 e. The van der Waals surface area contributed by atoms with Gasteiger partial charge in [-0.1, -0.05) is 12.1 Å². The number of hydrogen-bond acceptors (Lipinski definition) is 5. The van der Waals surface area contributed by atoms with Crippen LogP contribution in [0.25, 0.3) is 33.3 Å². The number of nitrogens with zero attached hydrogens (tertiary/aromatic N) is 2. The fourth-order valence-corrected chi connectivity index (χ4v) is 4.01. The van der Waals surface area contributed by atoms with Crippen LogP contribution in [0.3, 0.4) is 0 Å². The van der Waals surface area contributed by atoms with Gasteiger partial charge in [0.1, 0.15) is 11.3 Å². The second-order valence-electron chi connectivity index (χ2n) is 8.12. The molecule has 0 spiro atoms. The number of unbranched alkanes of at least 4 members (excludes halogenated alkanes) is 2. The topological polar surface area (TPSA) is 75.8 Å². The zero-order valence-electron chi connectivity index (χ0n) is 19.2. The van der Waals surface area contributed by atoms with Gasteiger partial charge < -0.3 is 19.2 Å². The molecule has 1 N–H and O–H groups in total. The highest BCUT2D eigenvalue weighted by atomic mass is 16.5. The monoisotopic (exact) mass is 446 g/mol. The summed E-state index contributed by atoms with van der Waals surface area (Å²) in [5.74, 6) is 0.691. The fraction of sp³-hybridized carbons (Fsp3) is 0.333. The van der Waals surface area contributed by atoms with E-state index in [4.69, 9.17) is 14.3 Å². The SMILES string of the molecule is CCN(CC)c1ccc2nc(-c3ccc4cc(OCCCCCC(=O)O)ccc4c3)oc2c1. The van der Waals surface area contributed by atoms with Crippen LogP contribution in [-0.4, -0.2) is 35.8 Å². The molecule has 4 rings (SSSR count). The normalized spacial score (nSPS) is 11.2. The second kappa shape index (κ2) is 10.4. The molecule has 1 aromatic heterocycles. The summed E-state index contributed by atoms with van der Waals surface area (Å²) in [6, 6.07) is 18.4. The molecule has 0 fully saturated rings. The molecule has 0 unspecified atom stereocenters. The lowest BCUT2D eigenvalue weighted by atomic mass is 10.1. The number of aromatic nitrogens is 1. The van der Waals surface area contributed by atoms with Crippen LogP contribution >= 0.6 is 0 Å². The quantitative estimate of drug-likeness (QED) is 0.264. The summed E-state index contributed by atoms with van der Waals surface area (Å²) >= 11 is 0. The molecule has 3 aromatic carbocycles. The first-order chi connectivity index (χ1) is 16.1. The van der Waals surface area contributed by atoms with Crippen LogP contribution in [0.1, 0.15) is 39.5 Å². The summed E-state index contributed by atoms with van der Waals surface area (Å²) in [6.07, 6.45) is 2.60. The number of oxazole rings is 1. The molecule has 0 aliphatic carbocycles. The maximum atomic E-state index is 10.6. The number of ether oxygens (including phenoxy) is 1. The van der Waals surface area contributed by atoms with Crippen LogP contribution < -0.4 is 9.64 Å². The molecule has 0 atom stereocenters. The Bertz CT molecular complexity index is 1240. The summed E-state index contributed by atoms with van der Waals surface area (Å²) in [5.41, 5.74) is 3.73. The number of fused-ring (bicyclic) bond motifs is 2. The van der Waals surface area contributed by atoms with Gasteiger partial charge in [-0.25, -0.2) is 4.98 Å². The Labute approximate surface area is 193 Å². The Kier molecular flexibility index (Phi) is 7.13. The lowest BCUT2D eigenvalue weighted by Gasteiger charge is -2.20. The predicted octanol–water partition coefficient (Wildman–Crippen LogP) is 6.52. The van der Waals surface area contributed by atoms with Crippen LogP contribution in [-0.2, 0) is 4.79 Å². The number of anilines is 1. The lowest BCUT2D eigenvalue weighted by molar-refractivity contribution is -0.137. The van der Waals surface area contributed by atoms with Crippen molar-refractivity contribution in [2.45, 2.75) is 39.5 Å².